The number of aromatic nitrogens is 2. The summed E-state index contributed by atoms with van der Waals surface area (Å²) in [5.74, 6) is -0.284. The van der Waals surface area contributed by atoms with E-state index in [0.717, 1.165) is 0 Å². The van der Waals surface area contributed by atoms with E-state index in [1.54, 1.807) is 60.1 Å². The Labute approximate surface area is 215 Å². The molecule has 4 aromatic rings. The summed E-state index contributed by atoms with van der Waals surface area (Å²) in [6.45, 7) is 7.21. The van der Waals surface area contributed by atoms with Gasteiger partial charge in [-0.1, -0.05) is 25.1 Å². The molecule has 0 spiro atoms. The van der Waals surface area contributed by atoms with Gasteiger partial charge in [-0.25, -0.2) is 4.98 Å². The van der Waals surface area contributed by atoms with Gasteiger partial charge in [0.05, 0.1) is 22.9 Å². The number of carbonyl (C=O) groups excluding carboxylic acids is 3. The minimum atomic E-state index is -0.375. The van der Waals surface area contributed by atoms with Crippen molar-refractivity contribution in [1.29, 1.82) is 0 Å². The number of nitrogens with one attached hydrogen (secondary N) is 2. The number of pyridine rings is 1. The van der Waals surface area contributed by atoms with Gasteiger partial charge in [-0.2, -0.15) is 0 Å². The standard InChI is InChI=1S/C29H30N4O4/c1-6-23-24(32-28(35)20-10-8-7-9-11-20)16-22-26(37-17(2)3)25(33(5)27(22)31-23)29(36)30-21-14-12-19(13-15-21)18(4)34/h7-17H,6H2,1-5H3,(H,30,36)(H,32,35). The number of hydrogen-bond donors (Lipinski definition) is 2. The summed E-state index contributed by atoms with van der Waals surface area (Å²) >= 11 is 0. The van der Waals surface area contributed by atoms with Crippen LogP contribution in [0.5, 0.6) is 5.75 Å². The van der Waals surface area contributed by atoms with E-state index in [0.29, 0.717) is 57.1 Å². The van der Waals surface area contributed by atoms with Gasteiger partial charge in [-0.15, -0.1) is 0 Å². The number of fused-ring (bicyclic) bond motifs is 1. The highest BCUT2D eigenvalue weighted by Crippen LogP contribution is 2.36. The number of rotatable bonds is 8. The molecular weight excluding hydrogens is 468 g/mol. The van der Waals surface area contributed by atoms with Crippen LogP contribution in [0.4, 0.5) is 11.4 Å². The molecule has 0 saturated carbocycles. The summed E-state index contributed by atoms with van der Waals surface area (Å²) in [6, 6.07) is 17.5. The molecule has 2 heterocycles. The minimum absolute atomic E-state index is 0.0489. The van der Waals surface area contributed by atoms with Crippen molar-refractivity contribution in [3.63, 3.8) is 0 Å². The number of hydrogen-bond acceptors (Lipinski definition) is 5. The van der Waals surface area contributed by atoms with Crippen molar-refractivity contribution >= 4 is 40.0 Å². The topological polar surface area (TPSA) is 102 Å². The van der Waals surface area contributed by atoms with Gasteiger partial charge < -0.3 is 19.9 Å². The molecule has 0 atom stereocenters. The van der Waals surface area contributed by atoms with Crippen LogP contribution < -0.4 is 15.4 Å². The molecule has 0 unspecified atom stereocenters. The maximum atomic E-state index is 13.5. The Morgan fingerprint density at radius 3 is 2.22 bits per heavy atom. The van der Waals surface area contributed by atoms with E-state index in [1.807, 2.05) is 32.9 Å². The number of ketones is 1. The van der Waals surface area contributed by atoms with Gasteiger partial charge in [0.2, 0.25) is 0 Å². The van der Waals surface area contributed by atoms with Gasteiger partial charge in [0.25, 0.3) is 11.8 Å². The van der Waals surface area contributed by atoms with E-state index >= 15 is 0 Å². The molecule has 0 bridgehead atoms. The number of aryl methyl sites for hydroxylation is 2. The van der Waals surface area contributed by atoms with E-state index in [-0.39, 0.29) is 23.7 Å². The molecule has 0 fully saturated rings. The van der Waals surface area contributed by atoms with Crippen molar-refractivity contribution < 1.29 is 19.1 Å². The zero-order chi connectivity index (χ0) is 26.7. The predicted octanol–water partition coefficient (Wildman–Crippen LogP) is 5.63. The molecule has 2 amide bonds. The number of anilines is 2. The van der Waals surface area contributed by atoms with Crippen LogP contribution in [-0.4, -0.2) is 33.3 Å². The largest absolute Gasteiger partial charge is 0.488 e. The SMILES string of the molecule is CCc1nc2c(cc1NC(=O)c1ccccc1)c(OC(C)C)c(C(=O)Nc1ccc(C(C)=O)cc1)n2C. The Kier molecular flexibility index (Phi) is 7.38. The number of Topliss-reactive ketones (excluding diaryl/α,β-unsaturated/α-hetero) is 1. The lowest BCUT2D eigenvalue weighted by atomic mass is 10.1. The molecule has 0 saturated heterocycles. The lowest BCUT2D eigenvalue weighted by Crippen LogP contribution is -2.18. The highest BCUT2D eigenvalue weighted by atomic mass is 16.5. The second kappa shape index (κ2) is 10.7. The monoisotopic (exact) mass is 498 g/mol. The third-order valence-corrected chi connectivity index (χ3v) is 5.93. The molecule has 2 N–H and O–H groups in total. The average Bonchev–Trinajstić information content (AvgIpc) is 3.14. The smallest absolute Gasteiger partial charge is 0.276 e. The fourth-order valence-electron chi connectivity index (χ4n) is 4.10. The first-order valence-corrected chi connectivity index (χ1v) is 12.2. The number of benzene rings is 2. The van der Waals surface area contributed by atoms with Crippen LogP contribution in [0.1, 0.15) is 64.6 Å². The van der Waals surface area contributed by atoms with Gasteiger partial charge in [0.1, 0.15) is 5.65 Å². The number of ether oxygens (including phenoxy) is 1. The van der Waals surface area contributed by atoms with E-state index in [4.69, 9.17) is 9.72 Å². The Bertz CT molecular complexity index is 1470. The summed E-state index contributed by atoms with van der Waals surface area (Å²) in [4.78, 5) is 42.7. The van der Waals surface area contributed by atoms with E-state index in [9.17, 15) is 14.4 Å². The predicted molar refractivity (Wildman–Crippen MR) is 145 cm³/mol. The van der Waals surface area contributed by atoms with Crippen molar-refractivity contribution in [2.75, 3.05) is 10.6 Å². The lowest BCUT2D eigenvalue weighted by Gasteiger charge is -2.13. The summed E-state index contributed by atoms with van der Waals surface area (Å²) in [5.41, 5.74) is 3.78. The zero-order valence-electron chi connectivity index (χ0n) is 21.6. The second-order valence-electron chi connectivity index (χ2n) is 9.02. The van der Waals surface area contributed by atoms with Gasteiger partial charge in [0.15, 0.2) is 17.2 Å². The van der Waals surface area contributed by atoms with Crippen LogP contribution in [0.2, 0.25) is 0 Å². The van der Waals surface area contributed by atoms with Crippen LogP contribution in [-0.2, 0) is 13.5 Å². The van der Waals surface area contributed by atoms with Crippen LogP contribution in [0.3, 0.4) is 0 Å². The molecule has 0 aliphatic rings. The maximum absolute atomic E-state index is 13.5. The van der Waals surface area contributed by atoms with Crippen molar-refractivity contribution in [3.05, 3.63) is 83.2 Å². The molecule has 8 heteroatoms. The molecule has 0 aliphatic carbocycles. The van der Waals surface area contributed by atoms with Gasteiger partial charge in [-0.3, -0.25) is 14.4 Å². The minimum Gasteiger partial charge on any atom is -0.488 e. The summed E-state index contributed by atoms with van der Waals surface area (Å²) in [7, 11) is 1.76. The van der Waals surface area contributed by atoms with E-state index in [2.05, 4.69) is 10.6 Å². The normalized spacial score (nSPS) is 11.0. The van der Waals surface area contributed by atoms with Crippen LogP contribution in [0.25, 0.3) is 11.0 Å². The molecular formula is C29H30N4O4. The van der Waals surface area contributed by atoms with Crippen molar-refractivity contribution in [2.45, 2.75) is 40.2 Å². The first kappa shape index (κ1) is 25.6. The Morgan fingerprint density at radius 1 is 0.946 bits per heavy atom. The quantitative estimate of drug-likeness (QED) is 0.307. The van der Waals surface area contributed by atoms with Crippen LogP contribution >= 0.6 is 0 Å². The lowest BCUT2D eigenvalue weighted by molar-refractivity contribution is 0.100. The summed E-state index contributed by atoms with van der Waals surface area (Å²) in [6.07, 6.45) is 0.371. The highest BCUT2D eigenvalue weighted by Gasteiger charge is 2.26. The first-order chi connectivity index (χ1) is 17.7. The second-order valence-corrected chi connectivity index (χ2v) is 9.02. The van der Waals surface area contributed by atoms with Gasteiger partial charge >= 0.3 is 0 Å². The number of carbonyl (C=O) groups is 3. The average molecular weight is 499 g/mol. The molecule has 37 heavy (non-hydrogen) atoms. The molecule has 4 rings (SSSR count). The van der Waals surface area contributed by atoms with Crippen molar-refractivity contribution in [2.24, 2.45) is 7.05 Å². The van der Waals surface area contributed by atoms with Gasteiger partial charge in [-0.05, 0) is 69.7 Å². The highest BCUT2D eigenvalue weighted by molar-refractivity contribution is 6.11. The Hall–Kier alpha value is -4.46. The fraction of sp³-hybridized carbons (Fsp3) is 0.241. The Morgan fingerprint density at radius 2 is 1.62 bits per heavy atom. The third kappa shape index (κ3) is 5.38. The fourth-order valence-corrected chi connectivity index (χ4v) is 4.10. The number of nitrogens with zero attached hydrogens (tertiary/aromatic N) is 2. The number of amides is 2. The first-order valence-electron chi connectivity index (χ1n) is 12.2. The molecule has 0 radical (unpaired) electrons. The van der Waals surface area contributed by atoms with Crippen LogP contribution in [0, 0.1) is 0 Å². The maximum Gasteiger partial charge on any atom is 0.276 e. The van der Waals surface area contributed by atoms with Crippen molar-refractivity contribution in [3.8, 4) is 5.75 Å². The summed E-state index contributed by atoms with van der Waals surface area (Å²) in [5, 5.41) is 6.48. The van der Waals surface area contributed by atoms with Crippen LogP contribution in [0.15, 0.2) is 60.7 Å². The Balaban J connectivity index is 1.77. The van der Waals surface area contributed by atoms with E-state index < -0.39 is 0 Å². The molecule has 8 nitrogen and oxygen atoms in total. The zero-order valence-corrected chi connectivity index (χ0v) is 21.6. The third-order valence-electron chi connectivity index (χ3n) is 5.93. The molecule has 2 aromatic carbocycles. The summed E-state index contributed by atoms with van der Waals surface area (Å²) < 4.78 is 7.83. The van der Waals surface area contributed by atoms with Gasteiger partial charge in [0, 0.05) is 23.9 Å². The molecule has 190 valence electrons. The molecule has 2 aromatic heterocycles. The molecule has 0 aliphatic heterocycles. The van der Waals surface area contributed by atoms with Crippen molar-refractivity contribution in [1.82, 2.24) is 9.55 Å². The van der Waals surface area contributed by atoms with E-state index in [1.165, 1.54) is 6.92 Å².